The van der Waals surface area contributed by atoms with Crippen molar-refractivity contribution in [3.63, 3.8) is 0 Å². The molecule has 1 unspecified atom stereocenters. The molecule has 100 valence electrons. The highest BCUT2D eigenvalue weighted by Crippen LogP contribution is 2.29. The molecule has 1 aliphatic carbocycles. The van der Waals surface area contributed by atoms with Crippen LogP contribution in [0.25, 0.3) is 0 Å². The second-order valence-electron chi connectivity index (χ2n) is 5.46. The zero-order valence-corrected chi connectivity index (χ0v) is 11.3. The molecule has 4 heteroatoms. The third-order valence-corrected chi connectivity index (χ3v) is 3.89. The average molecular weight is 241 g/mol. The zero-order valence-electron chi connectivity index (χ0n) is 11.3. The van der Waals surface area contributed by atoms with Gasteiger partial charge in [-0.3, -0.25) is 4.90 Å². The SMILES string of the molecule is COCCN(C)CCNC1CCN(C2CC2)C1. The molecule has 0 aromatic rings. The second-order valence-corrected chi connectivity index (χ2v) is 5.46. The van der Waals surface area contributed by atoms with Crippen LogP contribution in [0.4, 0.5) is 0 Å². The molecule has 0 bridgehead atoms. The maximum Gasteiger partial charge on any atom is 0.0589 e. The summed E-state index contributed by atoms with van der Waals surface area (Å²) < 4.78 is 5.07. The van der Waals surface area contributed by atoms with E-state index >= 15 is 0 Å². The van der Waals surface area contributed by atoms with Crippen molar-refractivity contribution in [1.29, 1.82) is 0 Å². The zero-order chi connectivity index (χ0) is 12.1. The van der Waals surface area contributed by atoms with Crippen LogP contribution in [-0.2, 0) is 4.74 Å². The highest BCUT2D eigenvalue weighted by molar-refractivity contribution is 4.91. The second kappa shape index (κ2) is 6.69. The van der Waals surface area contributed by atoms with E-state index in [1.807, 2.05) is 0 Å². The Kier molecular flexibility index (Phi) is 5.22. The topological polar surface area (TPSA) is 27.7 Å². The first-order valence-electron chi connectivity index (χ1n) is 6.94. The average Bonchev–Trinajstić information content (AvgIpc) is 3.07. The number of likely N-dealkylation sites (tertiary alicyclic amines) is 1. The van der Waals surface area contributed by atoms with Crippen LogP contribution in [-0.4, -0.2) is 75.4 Å². The molecule has 1 heterocycles. The first kappa shape index (κ1) is 13.3. The monoisotopic (exact) mass is 241 g/mol. The molecule has 0 aromatic heterocycles. The van der Waals surface area contributed by atoms with Gasteiger partial charge in [-0.15, -0.1) is 0 Å². The van der Waals surface area contributed by atoms with Crippen LogP contribution >= 0.6 is 0 Å². The number of nitrogens with one attached hydrogen (secondary N) is 1. The molecule has 1 N–H and O–H groups in total. The Labute approximate surface area is 105 Å². The summed E-state index contributed by atoms with van der Waals surface area (Å²) >= 11 is 0. The molecule has 2 fully saturated rings. The van der Waals surface area contributed by atoms with E-state index in [2.05, 4.69) is 22.2 Å². The van der Waals surface area contributed by atoms with Crippen LogP contribution in [0.3, 0.4) is 0 Å². The predicted molar refractivity (Wildman–Crippen MR) is 70.4 cm³/mol. The van der Waals surface area contributed by atoms with Gasteiger partial charge in [-0.2, -0.15) is 0 Å². The van der Waals surface area contributed by atoms with Gasteiger partial charge in [-0.05, 0) is 26.3 Å². The Balaban J connectivity index is 1.50. The summed E-state index contributed by atoms with van der Waals surface area (Å²) in [6, 6.07) is 1.66. The van der Waals surface area contributed by atoms with E-state index in [9.17, 15) is 0 Å². The lowest BCUT2D eigenvalue weighted by Crippen LogP contribution is -2.38. The third-order valence-electron chi connectivity index (χ3n) is 3.89. The molecule has 0 spiro atoms. The van der Waals surface area contributed by atoms with Gasteiger partial charge >= 0.3 is 0 Å². The molecule has 1 saturated heterocycles. The van der Waals surface area contributed by atoms with E-state index in [1.54, 1.807) is 7.11 Å². The predicted octanol–water partition coefficient (Wildman–Crippen LogP) is 0.391. The van der Waals surface area contributed by atoms with Gasteiger partial charge in [0.15, 0.2) is 0 Å². The number of nitrogens with zero attached hydrogens (tertiary/aromatic N) is 2. The molecule has 0 aromatic carbocycles. The molecule has 4 nitrogen and oxygen atoms in total. The van der Waals surface area contributed by atoms with Crippen molar-refractivity contribution in [2.75, 3.05) is 53.5 Å². The summed E-state index contributed by atoms with van der Waals surface area (Å²) in [6.07, 6.45) is 4.21. The fourth-order valence-corrected chi connectivity index (χ4v) is 2.54. The molecule has 17 heavy (non-hydrogen) atoms. The van der Waals surface area contributed by atoms with Gasteiger partial charge in [0, 0.05) is 51.9 Å². The first-order valence-corrected chi connectivity index (χ1v) is 6.94. The lowest BCUT2D eigenvalue weighted by Gasteiger charge is -2.19. The fourth-order valence-electron chi connectivity index (χ4n) is 2.54. The summed E-state index contributed by atoms with van der Waals surface area (Å²) in [5, 5.41) is 3.68. The van der Waals surface area contributed by atoms with E-state index in [-0.39, 0.29) is 0 Å². The van der Waals surface area contributed by atoms with Gasteiger partial charge in [0.25, 0.3) is 0 Å². The molecule has 1 aliphatic heterocycles. The van der Waals surface area contributed by atoms with E-state index in [0.717, 1.165) is 38.3 Å². The number of methoxy groups -OCH3 is 1. The van der Waals surface area contributed by atoms with E-state index < -0.39 is 0 Å². The number of ether oxygens (including phenoxy) is 1. The highest BCUT2D eigenvalue weighted by atomic mass is 16.5. The maximum absolute atomic E-state index is 5.07. The standard InChI is InChI=1S/C13H27N3O/c1-15(9-10-17-2)8-6-14-12-5-7-16(11-12)13-3-4-13/h12-14H,3-11H2,1-2H3. The minimum absolute atomic E-state index is 0.728. The summed E-state index contributed by atoms with van der Waals surface area (Å²) in [6.45, 7) is 6.65. The van der Waals surface area contributed by atoms with Crippen LogP contribution in [0.2, 0.25) is 0 Å². The van der Waals surface area contributed by atoms with Crippen LogP contribution < -0.4 is 5.32 Å². The maximum atomic E-state index is 5.07. The molecule has 1 saturated carbocycles. The number of hydrogen-bond acceptors (Lipinski definition) is 4. The van der Waals surface area contributed by atoms with Crippen molar-refractivity contribution in [2.45, 2.75) is 31.3 Å². The van der Waals surface area contributed by atoms with Gasteiger partial charge in [0.1, 0.15) is 0 Å². The smallest absolute Gasteiger partial charge is 0.0589 e. The summed E-state index contributed by atoms with van der Waals surface area (Å²) in [4.78, 5) is 4.98. The number of likely N-dealkylation sites (N-methyl/N-ethyl adjacent to an activating group) is 1. The van der Waals surface area contributed by atoms with Crippen molar-refractivity contribution in [1.82, 2.24) is 15.1 Å². The van der Waals surface area contributed by atoms with Crippen molar-refractivity contribution in [3.05, 3.63) is 0 Å². The minimum atomic E-state index is 0.728. The highest BCUT2D eigenvalue weighted by Gasteiger charge is 2.33. The molecule has 1 atom stereocenters. The number of rotatable bonds is 8. The van der Waals surface area contributed by atoms with Crippen molar-refractivity contribution < 1.29 is 4.74 Å². The van der Waals surface area contributed by atoms with Crippen LogP contribution in [0.5, 0.6) is 0 Å². The van der Waals surface area contributed by atoms with E-state index in [4.69, 9.17) is 4.74 Å². The van der Waals surface area contributed by atoms with E-state index in [1.165, 1.54) is 32.4 Å². The summed E-state index contributed by atoms with van der Waals surface area (Å²) in [7, 11) is 3.92. The van der Waals surface area contributed by atoms with Crippen molar-refractivity contribution in [2.24, 2.45) is 0 Å². The molecular formula is C13H27N3O. The first-order chi connectivity index (χ1) is 8.29. The molecule has 2 aliphatic rings. The van der Waals surface area contributed by atoms with Crippen LogP contribution in [0.15, 0.2) is 0 Å². The van der Waals surface area contributed by atoms with Crippen LogP contribution in [0.1, 0.15) is 19.3 Å². The molecule has 0 radical (unpaired) electrons. The molecule has 0 amide bonds. The van der Waals surface area contributed by atoms with Gasteiger partial charge in [-0.1, -0.05) is 0 Å². The Morgan fingerprint density at radius 1 is 1.29 bits per heavy atom. The van der Waals surface area contributed by atoms with Gasteiger partial charge in [-0.25, -0.2) is 0 Å². The normalized spacial score (nSPS) is 25.9. The third kappa shape index (κ3) is 4.54. The van der Waals surface area contributed by atoms with Gasteiger partial charge in [0.05, 0.1) is 6.61 Å². The Morgan fingerprint density at radius 2 is 2.12 bits per heavy atom. The molecule has 2 rings (SSSR count). The minimum Gasteiger partial charge on any atom is -0.383 e. The number of hydrogen-bond donors (Lipinski definition) is 1. The Bertz CT molecular complexity index is 221. The largest absolute Gasteiger partial charge is 0.383 e. The lowest BCUT2D eigenvalue weighted by molar-refractivity contribution is 0.161. The Morgan fingerprint density at radius 3 is 2.82 bits per heavy atom. The van der Waals surface area contributed by atoms with Gasteiger partial charge in [0.2, 0.25) is 0 Å². The summed E-state index contributed by atoms with van der Waals surface area (Å²) in [5.74, 6) is 0. The Hall–Kier alpha value is -0.160. The lowest BCUT2D eigenvalue weighted by atomic mass is 10.2. The quantitative estimate of drug-likeness (QED) is 0.665. The van der Waals surface area contributed by atoms with Crippen LogP contribution in [0, 0.1) is 0 Å². The van der Waals surface area contributed by atoms with Crippen molar-refractivity contribution >= 4 is 0 Å². The molecular weight excluding hydrogens is 214 g/mol. The van der Waals surface area contributed by atoms with Gasteiger partial charge < -0.3 is 15.0 Å². The van der Waals surface area contributed by atoms with E-state index in [0.29, 0.717) is 0 Å². The summed E-state index contributed by atoms with van der Waals surface area (Å²) in [5.41, 5.74) is 0. The van der Waals surface area contributed by atoms with Crippen molar-refractivity contribution in [3.8, 4) is 0 Å². The fraction of sp³-hybridized carbons (Fsp3) is 1.00.